The highest BCUT2D eigenvalue weighted by molar-refractivity contribution is 6.20. The van der Waals surface area contributed by atoms with E-state index in [0.717, 1.165) is 6.42 Å². The summed E-state index contributed by atoms with van der Waals surface area (Å²) in [6.07, 6.45) is 1.36. The molecule has 1 aromatic heterocycles. The summed E-state index contributed by atoms with van der Waals surface area (Å²) in [7, 11) is 0. The van der Waals surface area contributed by atoms with Crippen LogP contribution < -0.4 is 0 Å². The maximum absolute atomic E-state index is 11.0. The fourth-order valence-electron chi connectivity index (χ4n) is 1.72. The summed E-state index contributed by atoms with van der Waals surface area (Å²) in [5, 5.41) is 15.0. The lowest BCUT2D eigenvalue weighted by Gasteiger charge is -2.06. The van der Waals surface area contributed by atoms with E-state index in [1.54, 1.807) is 11.6 Å². The van der Waals surface area contributed by atoms with Gasteiger partial charge in [-0.25, -0.2) is 0 Å². The molecule has 6 heteroatoms. The zero-order chi connectivity index (χ0) is 12.3. The van der Waals surface area contributed by atoms with Crippen LogP contribution in [0.3, 0.4) is 0 Å². The van der Waals surface area contributed by atoms with Gasteiger partial charge in [-0.2, -0.15) is 5.10 Å². The van der Waals surface area contributed by atoms with Crippen LogP contribution in [0.25, 0.3) is 0 Å². The quantitative estimate of drug-likeness (QED) is 0.455. The van der Waals surface area contributed by atoms with Crippen molar-refractivity contribution in [2.24, 2.45) is 0 Å². The molecule has 0 aromatic carbocycles. The first kappa shape index (κ1) is 13.0. The standard InChI is InChI=1S/C10H16ClN3O2/c1-4-5-13-9(6-7(2)11)10(14(15)16)8(3)12-13/h7H,4-6H2,1-3H3. The van der Waals surface area contributed by atoms with Crippen LogP contribution in [0.1, 0.15) is 31.7 Å². The zero-order valence-electron chi connectivity index (χ0n) is 9.73. The second-order valence-corrected chi connectivity index (χ2v) is 4.59. The number of rotatable bonds is 5. The number of hydrogen-bond donors (Lipinski definition) is 0. The van der Waals surface area contributed by atoms with Gasteiger partial charge in [-0.05, 0) is 20.3 Å². The third-order valence-electron chi connectivity index (χ3n) is 2.29. The monoisotopic (exact) mass is 245 g/mol. The van der Waals surface area contributed by atoms with E-state index in [0.29, 0.717) is 24.4 Å². The predicted octanol–water partition coefficient (Wildman–Crippen LogP) is 2.68. The molecule has 0 saturated heterocycles. The molecule has 1 unspecified atom stereocenters. The molecule has 0 radical (unpaired) electrons. The van der Waals surface area contributed by atoms with Crippen LogP contribution in [0.4, 0.5) is 5.69 Å². The van der Waals surface area contributed by atoms with Gasteiger partial charge in [0, 0.05) is 18.3 Å². The predicted molar refractivity (Wildman–Crippen MR) is 62.9 cm³/mol. The van der Waals surface area contributed by atoms with Crippen molar-refractivity contribution in [1.29, 1.82) is 0 Å². The highest BCUT2D eigenvalue weighted by Crippen LogP contribution is 2.25. The van der Waals surface area contributed by atoms with Crippen LogP contribution in [0.5, 0.6) is 0 Å². The molecule has 0 aliphatic heterocycles. The molecule has 0 aliphatic carbocycles. The first-order valence-corrected chi connectivity index (χ1v) is 5.75. The maximum Gasteiger partial charge on any atom is 0.313 e. The van der Waals surface area contributed by atoms with Gasteiger partial charge in [-0.15, -0.1) is 11.6 Å². The van der Waals surface area contributed by atoms with E-state index in [2.05, 4.69) is 5.10 Å². The second-order valence-electron chi connectivity index (χ2n) is 3.85. The molecule has 1 aromatic rings. The smallest absolute Gasteiger partial charge is 0.262 e. The first-order chi connectivity index (χ1) is 7.47. The molecule has 0 N–H and O–H groups in total. The minimum absolute atomic E-state index is 0.112. The van der Waals surface area contributed by atoms with Crippen molar-refractivity contribution < 1.29 is 4.92 Å². The lowest BCUT2D eigenvalue weighted by molar-refractivity contribution is -0.386. The van der Waals surface area contributed by atoms with E-state index < -0.39 is 0 Å². The number of aromatic nitrogens is 2. The second kappa shape index (κ2) is 5.30. The van der Waals surface area contributed by atoms with Crippen molar-refractivity contribution >= 4 is 17.3 Å². The molecule has 90 valence electrons. The van der Waals surface area contributed by atoms with E-state index in [4.69, 9.17) is 11.6 Å². The Labute approximate surface area is 99.5 Å². The van der Waals surface area contributed by atoms with Crippen LogP contribution in [0, 0.1) is 17.0 Å². The Morgan fingerprint density at radius 1 is 1.62 bits per heavy atom. The molecule has 5 nitrogen and oxygen atoms in total. The summed E-state index contributed by atoms with van der Waals surface area (Å²) in [6.45, 7) is 6.18. The number of halogens is 1. The van der Waals surface area contributed by atoms with Gasteiger partial charge in [0.1, 0.15) is 11.4 Å². The Bertz CT molecular complexity index is 388. The van der Waals surface area contributed by atoms with Crippen LogP contribution in [0.2, 0.25) is 0 Å². The summed E-state index contributed by atoms with van der Waals surface area (Å²) in [4.78, 5) is 10.6. The van der Waals surface area contributed by atoms with Crippen molar-refractivity contribution in [2.75, 3.05) is 0 Å². The fraction of sp³-hybridized carbons (Fsp3) is 0.700. The van der Waals surface area contributed by atoms with Gasteiger partial charge in [0.2, 0.25) is 0 Å². The molecule has 0 saturated carbocycles. The summed E-state index contributed by atoms with van der Waals surface area (Å²) < 4.78 is 1.70. The van der Waals surface area contributed by atoms with Crippen LogP contribution >= 0.6 is 11.6 Å². The molecule has 0 fully saturated rings. The van der Waals surface area contributed by atoms with Crippen LogP contribution in [-0.2, 0) is 13.0 Å². The third-order valence-corrected chi connectivity index (χ3v) is 2.45. The fourth-order valence-corrected chi connectivity index (χ4v) is 1.87. The number of aryl methyl sites for hydroxylation is 2. The summed E-state index contributed by atoms with van der Waals surface area (Å²) >= 11 is 5.91. The number of hydrogen-bond acceptors (Lipinski definition) is 3. The molecule has 1 heterocycles. The van der Waals surface area contributed by atoms with Gasteiger partial charge in [-0.1, -0.05) is 6.92 Å². The Morgan fingerprint density at radius 2 is 2.25 bits per heavy atom. The molecule has 1 rings (SSSR count). The maximum atomic E-state index is 11.0. The zero-order valence-corrected chi connectivity index (χ0v) is 10.5. The minimum atomic E-state index is -0.372. The molecule has 0 amide bonds. The van der Waals surface area contributed by atoms with Gasteiger partial charge >= 0.3 is 5.69 Å². The SMILES string of the molecule is CCCn1nc(C)c([N+](=O)[O-])c1CC(C)Cl. The van der Waals surface area contributed by atoms with Gasteiger partial charge in [0.05, 0.1) is 4.92 Å². The van der Waals surface area contributed by atoms with Gasteiger partial charge < -0.3 is 0 Å². The lowest BCUT2D eigenvalue weighted by Crippen LogP contribution is -2.09. The summed E-state index contributed by atoms with van der Waals surface area (Å²) in [6, 6.07) is 0. The number of nitrogens with zero attached hydrogens (tertiary/aromatic N) is 3. The molecule has 0 spiro atoms. The van der Waals surface area contributed by atoms with Crippen LogP contribution in [0.15, 0.2) is 0 Å². The first-order valence-electron chi connectivity index (χ1n) is 5.32. The van der Waals surface area contributed by atoms with Crippen molar-refractivity contribution in [2.45, 2.75) is 45.5 Å². The molecule has 1 atom stereocenters. The lowest BCUT2D eigenvalue weighted by atomic mass is 10.2. The normalized spacial score (nSPS) is 12.8. The van der Waals surface area contributed by atoms with E-state index in [1.807, 2.05) is 13.8 Å². The number of alkyl halides is 1. The minimum Gasteiger partial charge on any atom is -0.262 e. The van der Waals surface area contributed by atoms with Crippen molar-refractivity contribution in [3.05, 3.63) is 21.5 Å². The van der Waals surface area contributed by atoms with Crippen LogP contribution in [-0.4, -0.2) is 20.1 Å². The van der Waals surface area contributed by atoms with Crippen molar-refractivity contribution in [1.82, 2.24) is 9.78 Å². The average molecular weight is 246 g/mol. The highest BCUT2D eigenvalue weighted by atomic mass is 35.5. The summed E-state index contributed by atoms with van der Waals surface area (Å²) in [5.41, 5.74) is 1.21. The van der Waals surface area contributed by atoms with E-state index in [1.165, 1.54) is 0 Å². The van der Waals surface area contributed by atoms with Crippen molar-refractivity contribution in [3.8, 4) is 0 Å². The van der Waals surface area contributed by atoms with E-state index in [9.17, 15) is 10.1 Å². The van der Waals surface area contributed by atoms with Gasteiger partial charge in [-0.3, -0.25) is 14.8 Å². The molecular weight excluding hydrogens is 230 g/mol. The molecular formula is C10H16ClN3O2. The van der Waals surface area contributed by atoms with Crippen molar-refractivity contribution in [3.63, 3.8) is 0 Å². The van der Waals surface area contributed by atoms with E-state index in [-0.39, 0.29) is 16.0 Å². The molecule has 0 bridgehead atoms. The Morgan fingerprint density at radius 3 is 2.69 bits per heavy atom. The molecule has 16 heavy (non-hydrogen) atoms. The van der Waals surface area contributed by atoms with E-state index >= 15 is 0 Å². The number of nitro groups is 1. The highest BCUT2D eigenvalue weighted by Gasteiger charge is 2.25. The Kier molecular flexibility index (Phi) is 4.29. The third kappa shape index (κ3) is 2.72. The molecule has 0 aliphatic rings. The summed E-state index contributed by atoms with van der Waals surface area (Å²) in [5.74, 6) is 0. The average Bonchev–Trinajstić information content (AvgIpc) is 2.42. The topological polar surface area (TPSA) is 61.0 Å². The largest absolute Gasteiger partial charge is 0.313 e. The Hall–Kier alpha value is -1.10. The van der Waals surface area contributed by atoms with Gasteiger partial charge in [0.25, 0.3) is 0 Å². The van der Waals surface area contributed by atoms with Gasteiger partial charge in [0.15, 0.2) is 0 Å². The Balaban J connectivity index is 3.19.